The molecule has 0 N–H and O–H groups in total. The number of fused-ring (bicyclic) bond motifs is 8. The minimum atomic E-state index is -0.434. The smallest absolute Gasteiger partial charge is 0.220 e. The molecule has 5 aromatic rings. The van der Waals surface area contributed by atoms with Crippen LogP contribution in [0.5, 0.6) is 5.75 Å². The van der Waals surface area contributed by atoms with Crippen LogP contribution in [0.4, 0.5) is 0 Å². The predicted molar refractivity (Wildman–Crippen MR) is 124 cm³/mol. The summed E-state index contributed by atoms with van der Waals surface area (Å²) in [7, 11) is 0. The highest BCUT2D eigenvalue weighted by molar-refractivity contribution is 5.92. The second-order valence-electron chi connectivity index (χ2n) is 8.62. The molecule has 0 saturated heterocycles. The molecular weight excluding hydrogens is 384 g/mol. The second-order valence-corrected chi connectivity index (χ2v) is 8.62. The number of rotatable bonds is 1. The maximum Gasteiger partial charge on any atom is 0.220 e. The van der Waals surface area contributed by atoms with E-state index >= 15 is 0 Å². The average Bonchev–Trinajstić information content (AvgIpc) is 3.40. The van der Waals surface area contributed by atoms with Crippen molar-refractivity contribution in [3.63, 3.8) is 0 Å². The Morgan fingerprint density at radius 3 is 2.61 bits per heavy atom. The first-order chi connectivity index (χ1) is 15.1. The number of nitrogens with zero attached hydrogens (tertiary/aromatic N) is 4. The number of para-hydroxylation sites is 4. The Labute approximate surface area is 178 Å². The van der Waals surface area contributed by atoms with Crippen molar-refractivity contribution in [1.82, 2.24) is 14.0 Å². The number of ether oxygens (including phenoxy) is 1. The van der Waals surface area contributed by atoms with Gasteiger partial charge in [0.2, 0.25) is 5.78 Å². The van der Waals surface area contributed by atoms with Crippen LogP contribution < -0.4 is 4.74 Å². The summed E-state index contributed by atoms with van der Waals surface area (Å²) < 4.78 is 10.9. The van der Waals surface area contributed by atoms with Crippen molar-refractivity contribution in [3.05, 3.63) is 84.1 Å². The topological polar surface area (TPSA) is 43.8 Å². The molecule has 31 heavy (non-hydrogen) atoms. The number of benzene rings is 3. The van der Waals surface area contributed by atoms with E-state index in [9.17, 15) is 0 Å². The van der Waals surface area contributed by atoms with E-state index in [-0.39, 0.29) is 5.92 Å². The number of aliphatic imine (C=N–C) groups is 1. The van der Waals surface area contributed by atoms with Crippen LogP contribution >= 0.6 is 0 Å². The van der Waals surface area contributed by atoms with E-state index in [1.807, 2.05) is 18.5 Å². The standard InChI is InChI=1S/C26H20N4O/c1-16-13-17(14-18-19-11-12-27-15-26(19,2)31-24(16)18)29-22-9-5-6-10-23(22)30-21-8-4-3-7-20(21)28-25(29)30/h3-15,19H,1-2H3. The molecule has 2 aliphatic heterocycles. The summed E-state index contributed by atoms with van der Waals surface area (Å²) in [6.07, 6.45) is 5.93. The monoisotopic (exact) mass is 404 g/mol. The molecule has 5 nitrogen and oxygen atoms in total. The van der Waals surface area contributed by atoms with Crippen molar-refractivity contribution in [2.24, 2.45) is 4.99 Å². The summed E-state index contributed by atoms with van der Waals surface area (Å²) in [5, 5.41) is 0. The van der Waals surface area contributed by atoms with Crippen LogP contribution in [0.3, 0.4) is 0 Å². The Bertz CT molecular complexity index is 1600. The lowest BCUT2D eigenvalue weighted by molar-refractivity contribution is 0.181. The Morgan fingerprint density at radius 1 is 0.968 bits per heavy atom. The fourth-order valence-corrected chi connectivity index (χ4v) is 5.21. The van der Waals surface area contributed by atoms with Crippen molar-refractivity contribution in [2.75, 3.05) is 0 Å². The summed E-state index contributed by atoms with van der Waals surface area (Å²) in [6.45, 7) is 4.23. The van der Waals surface area contributed by atoms with Crippen molar-refractivity contribution in [1.29, 1.82) is 0 Å². The third kappa shape index (κ3) is 2.10. The van der Waals surface area contributed by atoms with Crippen LogP contribution in [0, 0.1) is 6.92 Å². The van der Waals surface area contributed by atoms with E-state index in [0.717, 1.165) is 44.8 Å². The fraction of sp³-hybridized carbons (Fsp3) is 0.154. The molecule has 4 heterocycles. The van der Waals surface area contributed by atoms with Crippen LogP contribution in [0.15, 0.2) is 77.9 Å². The Kier molecular flexibility index (Phi) is 3.07. The highest BCUT2D eigenvalue weighted by Crippen LogP contribution is 2.48. The third-order valence-electron chi connectivity index (χ3n) is 6.62. The SMILES string of the molecule is Cc1cc(-n2c3ccccc3n3c4ccccc4nc23)cc2c1OC1(C)C=NC=CC21. The Hall–Kier alpha value is -3.86. The third-order valence-corrected chi connectivity index (χ3v) is 6.62. The van der Waals surface area contributed by atoms with E-state index in [1.54, 1.807) is 0 Å². The molecule has 2 aromatic heterocycles. The molecule has 5 heteroatoms. The lowest BCUT2D eigenvalue weighted by Crippen LogP contribution is -2.36. The van der Waals surface area contributed by atoms with Gasteiger partial charge in [0.15, 0.2) is 5.60 Å². The van der Waals surface area contributed by atoms with Crippen molar-refractivity contribution >= 4 is 34.1 Å². The molecule has 2 unspecified atom stereocenters. The van der Waals surface area contributed by atoms with Gasteiger partial charge in [-0.25, -0.2) is 4.98 Å². The molecule has 2 aliphatic rings. The zero-order chi connectivity index (χ0) is 20.7. The fourth-order valence-electron chi connectivity index (χ4n) is 5.21. The lowest BCUT2D eigenvalue weighted by atomic mass is 9.84. The van der Waals surface area contributed by atoms with Crippen LogP contribution in [0.25, 0.3) is 33.5 Å². The van der Waals surface area contributed by atoms with Gasteiger partial charge < -0.3 is 4.74 Å². The van der Waals surface area contributed by atoms with Gasteiger partial charge in [0.25, 0.3) is 0 Å². The maximum atomic E-state index is 6.39. The average molecular weight is 404 g/mol. The van der Waals surface area contributed by atoms with E-state index in [4.69, 9.17) is 9.72 Å². The second kappa shape index (κ2) is 5.64. The number of hydrogen-bond donors (Lipinski definition) is 0. The highest BCUT2D eigenvalue weighted by Gasteiger charge is 2.44. The minimum Gasteiger partial charge on any atom is -0.480 e. The molecule has 0 fully saturated rings. The molecule has 0 spiro atoms. The molecule has 0 amide bonds. The van der Waals surface area contributed by atoms with Gasteiger partial charge in [0.05, 0.1) is 28.0 Å². The summed E-state index contributed by atoms with van der Waals surface area (Å²) >= 11 is 0. The molecule has 0 aliphatic carbocycles. The van der Waals surface area contributed by atoms with Gasteiger partial charge in [-0.15, -0.1) is 0 Å². The predicted octanol–water partition coefficient (Wildman–Crippen LogP) is 5.57. The summed E-state index contributed by atoms with van der Waals surface area (Å²) in [4.78, 5) is 9.34. The first-order valence-electron chi connectivity index (χ1n) is 10.6. The Morgan fingerprint density at radius 2 is 1.74 bits per heavy atom. The summed E-state index contributed by atoms with van der Waals surface area (Å²) in [6, 6.07) is 21.3. The van der Waals surface area contributed by atoms with Crippen LogP contribution in [-0.2, 0) is 0 Å². The van der Waals surface area contributed by atoms with Gasteiger partial charge in [-0.1, -0.05) is 30.3 Å². The molecular formula is C26H20N4O. The van der Waals surface area contributed by atoms with E-state index in [0.29, 0.717) is 0 Å². The molecule has 0 bridgehead atoms. The maximum absolute atomic E-state index is 6.39. The first-order valence-corrected chi connectivity index (χ1v) is 10.6. The van der Waals surface area contributed by atoms with Gasteiger partial charge in [0.1, 0.15) is 5.75 Å². The normalized spacial score (nSPS) is 21.7. The number of aryl methyl sites for hydroxylation is 1. The van der Waals surface area contributed by atoms with Crippen LogP contribution in [0.1, 0.15) is 24.0 Å². The minimum absolute atomic E-state index is 0.148. The number of imidazole rings is 2. The summed E-state index contributed by atoms with van der Waals surface area (Å²) in [5.74, 6) is 2.04. The number of hydrogen-bond acceptors (Lipinski definition) is 3. The van der Waals surface area contributed by atoms with E-state index < -0.39 is 5.60 Å². The number of aromatic nitrogens is 3. The van der Waals surface area contributed by atoms with Gasteiger partial charge in [-0.3, -0.25) is 14.0 Å². The largest absolute Gasteiger partial charge is 0.480 e. The molecule has 0 radical (unpaired) electrons. The van der Waals surface area contributed by atoms with Gasteiger partial charge in [-0.2, -0.15) is 0 Å². The molecule has 7 rings (SSSR count). The first kappa shape index (κ1) is 16.9. The molecule has 3 aromatic carbocycles. The summed E-state index contributed by atoms with van der Waals surface area (Å²) in [5.41, 5.74) is 7.39. The van der Waals surface area contributed by atoms with Crippen molar-refractivity contribution in [2.45, 2.75) is 25.4 Å². The highest BCUT2D eigenvalue weighted by atomic mass is 16.5. The zero-order valence-corrected chi connectivity index (χ0v) is 17.3. The van der Waals surface area contributed by atoms with E-state index in [1.165, 1.54) is 5.56 Å². The zero-order valence-electron chi connectivity index (χ0n) is 17.3. The van der Waals surface area contributed by atoms with Gasteiger partial charge in [-0.05, 0) is 55.8 Å². The molecule has 150 valence electrons. The van der Waals surface area contributed by atoms with Crippen molar-refractivity contribution in [3.8, 4) is 11.4 Å². The molecule has 0 saturated carbocycles. The van der Waals surface area contributed by atoms with Crippen LogP contribution in [0.2, 0.25) is 0 Å². The van der Waals surface area contributed by atoms with Crippen LogP contribution in [-0.4, -0.2) is 25.8 Å². The lowest BCUT2D eigenvalue weighted by Gasteiger charge is -2.26. The van der Waals surface area contributed by atoms with Crippen molar-refractivity contribution < 1.29 is 4.74 Å². The van der Waals surface area contributed by atoms with Gasteiger partial charge in [0, 0.05) is 23.7 Å². The Balaban J connectivity index is 1.57. The quantitative estimate of drug-likeness (QED) is 0.366. The molecule has 2 atom stereocenters. The van der Waals surface area contributed by atoms with E-state index in [2.05, 4.69) is 88.5 Å². The van der Waals surface area contributed by atoms with Gasteiger partial charge >= 0.3 is 0 Å².